The first-order valence-corrected chi connectivity index (χ1v) is 11.5. The van der Waals surface area contributed by atoms with Crippen molar-refractivity contribution in [3.05, 3.63) is 107 Å². The van der Waals surface area contributed by atoms with Crippen LogP contribution in [0.1, 0.15) is 23.5 Å². The third-order valence-corrected chi connectivity index (χ3v) is 6.32. The van der Waals surface area contributed by atoms with Gasteiger partial charge in [0.25, 0.3) is 5.69 Å². The number of aromatic nitrogens is 1. The molecule has 0 unspecified atom stereocenters. The third kappa shape index (κ3) is 4.33. The lowest BCUT2D eigenvalue weighted by atomic mass is 10.0. The van der Waals surface area contributed by atoms with E-state index in [0.29, 0.717) is 22.2 Å². The van der Waals surface area contributed by atoms with Crippen LogP contribution in [0.5, 0.6) is 0 Å². The van der Waals surface area contributed by atoms with Crippen LogP contribution in [-0.4, -0.2) is 29.1 Å². The van der Waals surface area contributed by atoms with Gasteiger partial charge in [-0.05, 0) is 60.7 Å². The maximum absolute atomic E-state index is 11.2. The van der Waals surface area contributed by atoms with Crippen molar-refractivity contribution in [3.8, 4) is 11.3 Å². The molecule has 2 aromatic heterocycles. The van der Waals surface area contributed by atoms with Crippen molar-refractivity contribution in [2.45, 2.75) is 12.1 Å². The van der Waals surface area contributed by atoms with Crippen molar-refractivity contribution in [2.75, 3.05) is 23.9 Å². The summed E-state index contributed by atoms with van der Waals surface area (Å²) in [6, 6.07) is 23.5. The summed E-state index contributed by atoms with van der Waals surface area (Å²) >= 11 is 5.77. The first kappa shape index (κ1) is 22.5. The van der Waals surface area contributed by atoms with Gasteiger partial charge in [0, 0.05) is 49.4 Å². The number of benzene rings is 2. The van der Waals surface area contributed by atoms with Gasteiger partial charge in [-0.15, -0.1) is 0 Å². The first-order valence-electron chi connectivity index (χ1n) is 11.0. The molecule has 35 heavy (non-hydrogen) atoms. The second-order valence-corrected chi connectivity index (χ2v) is 8.80. The van der Waals surface area contributed by atoms with Gasteiger partial charge >= 0.3 is 0 Å². The molecule has 4 aromatic rings. The molecule has 176 valence electrons. The van der Waals surface area contributed by atoms with E-state index in [1.54, 1.807) is 18.3 Å². The van der Waals surface area contributed by atoms with E-state index in [0.717, 1.165) is 17.1 Å². The monoisotopic (exact) mass is 485 g/mol. The van der Waals surface area contributed by atoms with E-state index in [1.807, 2.05) is 78.5 Å². The number of rotatable bonds is 6. The van der Waals surface area contributed by atoms with Crippen LogP contribution in [0.2, 0.25) is 0 Å². The molecule has 0 bridgehead atoms. The van der Waals surface area contributed by atoms with Crippen LogP contribution in [0.4, 0.5) is 17.1 Å². The lowest BCUT2D eigenvalue weighted by Gasteiger charge is -2.26. The summed E-state index contributed by atoms with van der Waals surface area (Å²) in [6.45, 7) is 0. The molecule has 1 saturated heterocycles. The standard InChI is InChI=1S/C26H23N5O3S/c1-29(2)18-9-11-19(12-10-18)30-25(24(28-26(30)35)21-8-3-4-15-27-21)23-14-13-22(34-23)17-6-5-7-20(16-17)31(32)33/h3-16,24-25H,1-2H3,(H,28,35)/t24-,25-/m0/s1. The van der Waals surface area contributed by atoms with Crippen LogP contribution in [0, 0.1) is 10.1 Å². The summed E-state index contributed by atoms with van der Waals surface area (Å²) in [5.74, 6) is 1.22. The number of nitrogens with zero attached hydrogens (tertiary/aromatic N) is 4. The first-order chi connectivity index (χ1) is 16.9. The summed E-state index contributed by atoms with van der Waals surface area (Å²) in [7, 11) is 3.99. The largest absolute Gasteiger partial charge is 0.459 e. The van der Waals surface area contributed by atoms with Crippen molar-refractivity contribution in [2.24, 2.45) is 0 Å². The van der Waals surface area contributed by atoms with Gasteiger partial charge < -0.3 is 19.5 Å². The number of anilines is 2. The zero-order valence-electron chi connectivity index (χ0n) is 19.2. The predicted octanol–water partition coefficient (Wildman–Crippen LogP) is 5.49. The molecule has 0 amide bonds. The van der Waals surface area contributed by atoms with Crippen LogP contribution < -0.4 is 15.1 Å². The molecule has 3 heterocycles. The minimum atomic E-state index is -0.414. The lowest BCUT2D eigenvalue weighted by Crippen LogP contribution is -2.29. The Balaban J connectivity index is 1.57. The molecule has 5 rings (SSSR count). The highest BCUT2D eigenvalue weighted by Gasteiger charge is 2.42. The molecule has 0 saturated carbocycles. The average Bonchev–Trinajstić information content (AvgIpc) is 3.49. The predicted molar refractivity (Wildman–Crippen MR) is 139 cm³/mol. The van der Waals surface area contributed by atoms with Crippen molar-refractivity contribution < 1.29 is 9.34 Å². The van der Waals surface area contributed by atoms with Crippen molar-refractivity contribution in [3.63, 3.8) is 0 Å². The molecule has 8 nitrogen and oxygen atoms in total. The number of thiocarbonyl (C=S) groups is 1. The van der Waals surface area contributed by atoms with Gasteiger partial charge in [0.2, 0.25) is 0 Å². The minimum absolute atomic E-state index is 0.0122. The zero-order chi connectivity index (χ0) is 24.5. The normalized spacial score (nSPS) is 17.3. The highest BCUT2D eigenvalue weighted by molar-refractivity contribution is 7.80. The number of hydrogen-bond donors (Lipinski definition) is 1. The minimum Gasteiger partial charge on any atom is -0.459 e. The molecular weight excluding hydrogens is 462 g/mol. The Hall–Kier alpha value is -4.24. The van der Waals surface area contributed by atoms with Crippen LogP contribution in [-0.2, 0) is 0 Å². The fourth-order valence-corrected chi connectivity index (χ4v) is 4.62. The van der Waals surface area contributed by atoms with Crippen molar-refractivity contribution in [1.29, 1.82) is 0 Å². The molecule has 2 aromatic carbocycles. The maximum atomic E-state index is 11.2. The summed E-state index contributed by atoms with van der Waals surface area (Å²) in [6.07, 6.45) is 1.75. The molecule has 1 N–H and O–H groups in total. The topological polar surface area (TPSA) is 87.7 Å². The van der Waals surface area contributed by atoms with Crippen LogP contribution in [0.15, 0.2) is 89.5 Å². The Labute approximate surface area is 208 Å². The molecule has 1 fully saturated rings. The number of nitro benzene ring substituents is 1. The zero-order valence-corrected chi connectivity index (χ0v) is 20.0. The molecule has 2 atom stereocenters. The maximum Gasteiger partial charge on any atom is 0.270 e. The van der Waals surface area contributed by atoms with Crippen LogP contribution >= 0.6 is 12.2 Å². The second-order valence-electron chi connectivity index (χ2n) is 8.42. The number of non-ortho nitro benzene ring substituents is 1. The van der Waals surface area contributed by atoms with E-state index in [9.17, 15) is 10.1 Å². The molecule has 9 heteroatoms. The summed E-state index contributed by atoms with van der Waals surface area (Å²) in [5, 5.41) is 15.2. The Morgan fingerprint density at radius 1 is 1.06 bits per heavy atom. The number of hydrogen-bond acceptors (Lipinski definition) is 6. The van der Waals surface area contributed by atoms with Gasteiger partial charge in [-0.25, -0.2) is 0 Å². The Kier molecular flexibility index (Phi) is 5.92. The summed E-state index contributed by atoms with van der Waals surface area (Å²) < 4.78 is 6.30. The van der Waals surface area contributed by atoms with Crippen molar-refractivity contribution in [1.82, 2.24) is 10.3 Å². The van der Waals surface area contributed by atoms with Crippen LogP contribution in [0.25, 0.3) is 11.3 Å². The number of nitrogens with one attached hydrogen (secondary N) is 1. The summed E-state index contributed by atoms with van der Waals surface area (Å²) in [4.78, 5) is 19.5. The highest BCUT2D eigenvalue weighted by atomic mass is 32.1. The number of furan rings is 1. The molecule has 1 aliphatic rings. The fraction of sp³-hybridized carbons (Fsp3) is 0.154. The third-order valence-electron chi connectivity index (χ3n) is 6.00. The second kappa shape index (κ2) is 9.19. The Bertz CT molecular complexity index is 1370. The quantitative estimate of drug-likeness (QED) is 0.218. The van der Waals surface area contributed by atoms with Gasteiger partial charge in [0.05, 0.1) is 16.7 Å². The number of nitro groups is 1. The van der Waals surface area contributed by atoms with E-state index < -0.39 is 4.92 Å². The average molecular weight is 486 g/mol. The molecule has 0 radical (unpaired) electrons. The van der Waals surface area contributed by atoms with Gasteiger partial charge in [-0.1, -0.05) is 18.2 Å². The Morgan fingerprint density at radius 2 is 1.86 bits per heavy atom. The van der Waals surface area contributed by atoms with Gasteiger partial charge in [0.15, 0.2) is 5.11 Å². The SMILES string of the molecule is CN(C)c1ccc(N2C(=S)N[C@@H](c3ccccn3)[C@@H]2c2ccc(-c3cccc([N+](=O)[O-])c3)o2)cc1. The van der Waals surface area contributed by atoms with Gasteiger partial charge in [-0.3, -0.25) is 15.1 Å². The Morgan fingerprint density at radius 3 is 2.54 bits per heavy atom. The van der Waals surface area contributed by atoms with Gasteiger partial charge in [-0.2, -0.15) is 0 Å². The fourth-order valence-electron chi connectivity index (χ4n) is 4.27. The van der Waals surface area contributed by atoms with E-state index in [2.05, 4.69) is 10.3 Å². The smallest absolute Gasteiger partial charge is 0.270 e. The van der Waals surface area contributed by atoms with E-state index in [-0.39, 0.29) is 17.8 Å². The molecule has 0 spiro atoms. The molecule has 0 aliphatic carbocycles. The lowest BCUT2D eigenvalue weighted by molar-refractivity contribution is -0.384. The van der Waals surface area contributed by atoms with Crippen LogP contribution in [0.3, 0.4) is 0 Å². The number of pyridine rings is 1. The van der Waals surface area contributed by atoms with E-state index in [1.165, 1.54) is 12.1 Å². The van der Waals surface area contributed by atoms with E-state index in [4.69, 9.17) is 16.6 Å². The molecular formula is C26H23N5O3S. The molecule has 1 aliphatic heterocycles. The summed E-state index contributed by atoms with van der Waals surface area (Å²) in [5.41, 5.74) is 3.48. The van der Waals surface area contributed by atoms with Crippen molar-refractivity contribution >= 4 is 34.4 Å². The van der Waals surface area contributed by atoms with E-state index >= 15 is 0 Å². The highest BCUT2D eigenvalue weighted by Crippen LogP contribution is 2.43. The van der Waals surface area contributed by atoms with Gasteiger partial charge in [0.1, 0.15) is 17.6 Å².